The van der Waals surface area contributed by atoms with E-state index in [2.05, 4.69) is 107 Å². The molecule has 15 rings (SSSR count). The fourth-order valence-electron chi connectivity index (χ4n) is 12.3. The fourth-order valence-corrected chi connectivity index (χ4v) is 16.1. The van der Waals surface area contributed by atoms with Crippen molar-refractivity contribution in [2.45, 2.75) is 52.4 Å². The van der Waals surface area contributed by atoms with Gasteiger partial charge in [-0.1, -0.05) is 259 Å². The van der Waals surface area contributed by atoms with Gasteiger partial charge in [0, 0.05) is 44.3 Å². The first-order chi connectivity index (χ1) is 48.1. The summed E-state index contributed by atoms with van der Waals surface area (Å²) in [6, 6.07) is 49.3. The molecule has 0 spiro atoms. The van der Waals surface area contributed by atoms with Crippen molar-refractivity contribution in [1.29, 1.82) is 0 Å². The molecule has 0 atom stereocenters. The molecule has 5 nitrogen and oxygen atoms in total. The molecule has 0 bridgehead atoms. The van der Waals surface area contributed by atoms with Gasteiger partial charge in [-0.2, -0.15) is 18.2 Å². The minimum absolute atomic E-state index is 0. The smallest absolute Gasteiger partial charge is 0.268 e. The molecule has 87 heavy (non-hydrogen) atoms. The van der Waals surface area contributed by atoms with Crippen LogP contribution >= 0.6 is 0 Å². The van der Waals surface area contributed by atoms with Gasteiger partial charge in [-0.25, -0.2) is 4.98 Å². The van der Waals surface area contributed by atoms with Crippen LogP contribution in [0.3, 0.4) is 0 Å². The van der Waals surface area contributed by atoms with Gasteiger partial charge >= 0.3 is 0 Å². The molecule has 424 valence electrons. The molecule has 7 heteroatoms. The maximum absolute atomic E-state index is 9.91. The molecule has 0 saturated carbocycles. The van der Waals surface area contributed by atoms with E-state index in [1.807, 2.05) is 125 Å². The normalized spacial score (nSPS) is 14.6. The molecule has 0 N–H and O–H groups in total. The monoisotopic (exact) mass is 1330 g/mol. The largest absolute Gasteiger partial charge is 0.510 e. The summed E-state index contributed by atoms with van der Waals surface area (Å²) in [5.41, 5.74) is 11.4. The zero-order valence-corrected chi connectivity index (χ0v) is 51.5. The maximum Gasteiger partial charge on any atom is 0.268 e. The van der Waals surface area contributed by atoms with E-state index in [0.29, 0.717) is 56.2 Å². The van der Waals surface area contributed by atoms with Gasteiger partial charge in [0.15, 0.2) is 8.07 Å². The number of hydrogen-bond donors (Lipinski definition) is 0. The summed E-state index contributed by atoms with van der Waals surface area (Å²) in [6.45, 7) is 12.9. The van der Waals surface area contributed by atoms with Crippen LogP contribution in [0.15, 0.2) is 267 Å². The van der Waals surface area contributed by atoms with Crippen LogP contribution in [-0.4, -0.2) is 22.2 Å². The molecular formula is C80H62N4OPtSi-2. The summed E-state index contributed by atoms with van der Waals surface area (Å²) in [7, 11) is -5.61. The molecule has 0 radical (unpaired) electrons. The van der Waals surface area contributed by atoms with Gasteiger partial charge < -0.3 is 13.9 Å². The molecule has 1 aliphatic rings. The Balaban J connectivity index is 0.00000882. The van der Waals surface area contributed by atoms with Gasteiger partial charge in [-0.05, 0) is 116 Å². The Morgan fingerprint density at radius 2 is 1.05 bits per heavy atom. The number of ether oxygens (including phenoxy) is 1. The van der Waals surface area contributed by atoms with Crippen LogP contribution in [0.4, 0.5) is 0 Å². The number of aromatic nitrogens is 4. The first kappa shape index (κ1) is 40.8. The Hall–Kier alpha value is -9.45. The van der Waals surface area contributed by atoms with Gasteiger partial charge in [-0.15, -0.1) is 29.7 Å². The fraction of sp³-hybridized carbons (Fsp3) is 0.100. The predicted molar refractivity (Wildman–Crippen MR) is 356 cm³/mol. The van der Waals surface area contributed by atoms with Crippen molar-refractivity contribution in [2.75, 3.05) is 0 Å². The van der Waals surface area contributed by atoms with Gasteiger partial charge in [0.05, 0.1) is 37.3 Å². The van der Waals surface area contributed by atoms with E-state index in [-0.39, 0.29) is 37.1 Å². The number of pyridine rings is 1. The molecule has 0 unspecified atom stereocenters. The Morgan fingerprint density at radius 3 is 1.74 bits per heavy atom. The minimum Gasteiger partial charge on any atom is -0.510 e. The van der Waals surface area contributed by atoms with Crippen molar-refractivity contribution in [1.82, 2.24) is 14.1 Å². The minimum atomic E-state index is -5.61. The first-order valence-electron chi connectivity index (χ1n) is 36.0. The third-order valence-electron chi connectivity index (χ3n) is 16.5. The summed E-state index contributed by atoms with van der Waals surface area (Å²) in [5, 5.41) is 0.211. The van der Waals surface area contributed by atoms with Crippen LogP contribution in [-0.2, 0) is 31.9 Å². The summed E-state index contributed by atoms with van der Waals surface area (Å²) >= 11 is 0. The number of fused-ring (bicyclic) bond motifs is 10. The van der Waals surface area contributed by atoms with Crippen molar-refractivity contribution in [3.8, 4) is 73.2 Å². The number of hydrogen-bond acceptors (Lipinski definition) is 2. The first-order valence-corrected chi connectivity index (χ1v) is 30.5. The zero-order valence-electron chi connectivity index (χ0n) is 63.3. The van der Waals surface area contributed by atoms with Crippen LogP contribution in [0, 0.1) is 18.5 Å². The van der Waals surface area contributed by atoms with Crippen molar-refractivity contribution >= 4 is 61.7 Å². The van der Waals surface area contributed by atoms with Crippen LogP contribution in [0.5, 0.6) is 11.5 Å². The van der Waals surface area contributed by atoms with E-state index >= 15 is 0 Å². The van der Waals surface area contributed by atoms with Crippen molar-refractivity contribution in [3.05, 3.63) is 296 Å². The molecule has 0 fully saturated rings. The molecule has 11 aromatic carbocycles. The van der Waals surface area contributed by atoms with Crippen LogP contribution < -0.4 is 30.1 Å². The standard InChI is InChI=1S/C80H62N4OSi.Pt/c1-79(2,3)55-41-39-54(40-42-55)64-34-21-35-71-72-52-63(86(60-25-10-7-11-26-60,61-27-12-8-13-28-61)62-29-14-9-15-30-62)44-46-67(72)65-31-16-17-32-66(65)70-36-22-38-74-78(70)83(77(64)71)53-82(74)57-23-20-24-58(50-57)85-59-43-45-69-68-33-18-19-37-73(68)84(75(69)51-59)76-49-56(47-48-81-76)80(4,5)6;/h7-49,52H,1-6H3;/q-2;/i7D,8D,9D,10D,11D,12D,13D,14D,15D,25D,26D,27D,28D,29D,30D;. The summed E-state index contributed by atoms with van der Waals surface area (Å²) in [4.78, 5) is 4.88. The topological polar surface area (TPSA) is 35.9 Å². The van der Waals surface area contributed by atoms with E-state index in [0.717, 1.165) is 61.0 Å². The molecule has 1 aliphatic heterocycles. The molecule has 0 saturated heterocycles. The van der Waals surface area contributed by atoms with Crippen molar-refractivity contribution in [2.24, 2.45) is 0 Å². The number of para-hydroxylation sites is 3. The van der Waals surface area contributed by atoms with E-state index < -0.39 is 114 Å². The van der Waals surface area contributed by atoms with Gasteiger partial charge in [-0.3, -0.25) is 4.57 Å². The zero-order chi connectivity index (χ0) is 71.4. The van der Waals surface area contributed by atoms with Crippen LogP contribution in [0.2, 0.25) is 0 Å². The summed E-state index contributed by atoms with van der Waals surface area (Å²) < 4.78 is 154. The molecule has 3 aromatic heterocycles. The maximum atomic E-state index is 9.91. The Labute approximate surface area is 545 Å². The second-order valence-corrected chi connectivity index (χ2v) is 27.2. The third kappa shape index (κ3) is 9.42. The average Bonchev–Trinajstić information content (AvgIpc) is 0.874. The van der Waals surface area contributed by atoms with E-state index in [1.54, 1.807) is 18.2 Å². The molecule has 0 aliphatic carbocycles. The quantitative estimate of drug-likeness (QED) is 0.0625. The summed E-state index contributed by atoms with van der Waals surface area (Å²) in [5.74, 6) is 1.56. The SMILES string of the molecule is [2H]c1c([2H])c([2H])c([Si](c2ccc3c(c2)-c2cccc(-c4ccc(C(C)(C)C)cc4)c2-[n+]2[c-]n(-c4[c-]c(Oc5[c-]c6c(cc5)c5ccccc5n6-c5cc(C(C)(C)C)ccn5)ccc4)c4cccc(c42)-c2ccccc2-3)(c2c([2H])c([2H])c([2H])c([2H])c2[2H])c2c([2H])c([2H])c([2H])c([2H])c2[2H])c([2H])c1[2H].[Pt]. The van der Waals surface area contributed by atoms with Gasteiger partial charge in [0.1, 0.15) is 5.82 Å². The Bertz CT molecular complexity index is 5630. The second kappa shape index (κ2) is 21.8. The number of benzene rings is 11. The predicted octanol–water partition coefficient (Wildman–Crippen LogP) is 16.5. The molecule has 0 amide bonds. The van der Waals surface area contributed by atoms with Gasteiger partial charge in [0.2, 0.25) is 0 Å². The van der Waals surface area contributed by atoms with Crippen molar-refractivity contribution in [3.63, 3.8) is 0 Å². The average molecular weight is 1330 g/mol. The Morgan fingerprint density at radius 1 is 0.471 bits per heavy atom. The molecule has 14 aromatic rings. The van der Waals surface area contributed by atoms with E-state index in [1.165, 1.54) is 0 Å². The number of rotatable bonds is 9. The number of nitrogens with zero attached hydrogens (tertiary/aromatic N) is 4. The van der Waals surface area contributed by atoms with E-state index in [4.69, 9.17) is 13.8 Å². The summed E-state index contributed by atoms with van der Waals surface area (Å²) in [6.07, 6.45) is 5.65. The van der Waals surface area contributed by atoms with Crippen LogP contribution in [0.25, 0.3) is 94.5 Å². The molecular weight excluding hydrogens is 1260 g/mol. The second-order valence-electron chi connectivity index (χ2n) is 23.6. The Kier molecular flexibility index (Phi) is 10.2. The van der Waals surface area contributed by atoms with Crippen molar-refractivity contribution < 1.29 is 50.9 Å². The van der Waals surface area contributed by atoms with E-state index in [9.17, 15) is 16.4 Å². The third-order valence-corrected chi connectivity index (χ3v) is 20.7. The molecule has 4 heterocycles. The van der Waals surface area contributed by atoms with Gasteiger partial charge in [0.25, 0.3) is 6.33 Å². The number of imidazole rings is 1. The van der Waals surface area contributed by atoms with Crippen LogP contribution in [0.1, 0.15) is 73.2 Å².